The fourth-order valence-electron chi connectivity index (χ4n) is 5.85. The van der Waals surface area contributed by atoms with Crippen molar-refractivity contribution in [2.75, 3.05) is 51.0 Å². The summed E-state index contributed by atoms with van der Waals surface area (Å²) in [6.45, 7) is 8.67. The molecular formula is C28H39N5O2S. The monoisotopic (exact) mass is 509 g/mol. The average molecular weight is 510 g/mol. The van der Waals surface area contributed by atoms with Gasteiger partial charge in [0.25, 0.3) is 0 Å². The van der Waals surface area contributed by atoms with Crippen LogP contribution >= 0.6 is 11.8 Å². The SMILES string of the molecule is C[C@@H]1c2nc(NC3CCOCC3)ncc2[C@@H](C)CN1C(=O)CSC1C[C@@H](c2ccccc2)CN(C)C1. The Morgan fingerprint density at radius 3 is 2.69 bits per heavy atom. The Balaban J connectivity index is 1.22. The number of anilines is 1. The Hall–Kier alpha value is -2.16. The number of amides is 1. The molecule has 3 aliphatic rings. The summed E-state index contributed by atoms with van der Waals surface area (Å²) in [5.74, 6) is 2.15. The summed E-state index contributed by atoms with van der Waals surface area (Å²) in [6.07, 6.45) is 5.02. The lowest BCUT2D eigenvalue weighted by Crippen LogP contribution is -2.43. The first-order valence-electron chi connectivity index (χ1n) is 13.3. The molecule has 3 aliphatic heterocycles. The number of carbonyl (C=O) groups is 1. The van der Waals surface area contributed by atoms with Gasteiger partial charge >= 0.3 is 0 Å². The Kier molecular flexibility index (Phi) is 8.13. The highest BCUT2D eigenvalue weighted by Gasteiger charge is 2.34. The van der Waals surface area contributed by atoms with Gasteiger partial charge in [-0.1, -0.05) is 37.3 Å². The van der Waals surface area contributed by atoms with Crippen molar-refractivity contribution in [3.63, 3.8) is 0 Å². The zero-order chi connectivity index (χ0) is 25.1. The lowest BCUT2D eigenvalue weighted by molar-refractivity contribution is -0.131. The smallest absolute Gasteiger partial charge is 0.233 e. The number of thioether (sulfide) groups is 1. The number of ether oxygens (including phenoxy) is 1. The van der Waals surface area contributed by atoms with Crippen molar-refractivity contribution in [1.29, 1.82) is 0 Å². The molecule has 8 heteroatoms. The molecule has 5 rings (SSSR count). The Labute approximate surface area is 219 Å². The molecule has 1 amide bonds. The molecule has 1 unspecified atom stereocenters. The van der Waals surface area contributed by atoms with Crippen LogP contribution < -0.4 is 5.32 Å². The molecule has 1 aromatic heterocycles. The van der Waals surface area contributed by atoms with Crippen LogP contribution in [0.15, 0.2) is 36.5 Å². The molecule has 0 spiro atoms. The zero-order valence-corrected chi connectivity index (χ0v) is 22.5. The van der Waals surface area contributed by atoms with Crippen LogP contribution in [0.4, 0.5) is 5.95 Å². The second kappa shape index (κ2) is 11.5. The first kappa shape index (κ1) is 25.5. The number of carbonyl (C=O) groups excluding carboxylic acids is 1. The van der Waals surface area contributed by atoms with Gasteiger partial charge in [0.15, 0.2) is 0 Å². The summed E-state index contributed by atoms with van der Waals surface area (Å²) in [7, 11) is 2.20. The summed E-state index contributed by atoms with van der Waals surface area (Å²) in [5.41, 5.74) is 3.55. The highest BCUT2D eigenvalue weighted by Crippen LogP contribution is 2.36. The second-order valence-corrected chi connectivity index (χ2v) is 12.0. The molecule has 7 nitrogen and oxygen atoms in total. The van der Waals surface area contributed by atoms with Crippen LogP contribution in [0.2, 0.25) is 0 Å². The normalized spacial score (nSPS) is 27.5. The van der Waals surface area contributed by atoms with E-state index in [0.29, 0.717) is 28.9 Å². The molecule has 2 aromatic rings. The average Bonchev–Trinajstić information content (AvgIpc) is 2.90. The molecule has 0 aliphatic carbocycles. The summed E-state index contributed by atoms with van der Waals surface area (Å²) >= 11 is 1.82. The molecule has 0 saturated carbocycles. The number of likely N-dealkylation sites (tertiary alicyclic amines) is 1. The molecule has 2 saturated heterocycles. The Morgan fingerprint density at radius 1 is 1.14 bits per heavy atom. The number of fused-ring (bicyclic) bond motifs is 1. The van der Waals surface area contributed by atoms with Crippen molar-refractivity contribution < 1.29 is 9.53 Å². The van der Waals surface area contributed by atoms with Crippen molar-refractivity contribution in [2.24, 2.45) is 0 Å². The molecular weight excluding hydrogens is 470 g/mol. The van der Waals surface area contributed by atoms with E-state index in [9.17, 15) is 4.79 Å². The van der Waals surface area contributed by atoms with Crippen LogP contribution in [-0.4, -0.2) is 82.6 Å². The Bertz CT molecular complexity index is 1030. The minimum absolute atomic E-state index is 0.0476. The topological polar surface area (TPSA) is 70.6 Å². The fourth-order valence-corrected chi connectivity index (χ4v) is 7.13. The zero-order valence-electron chi connectivity index (χ0n) is 21.7. The third-order valence-corrected chi connectivity index (χ3v) is 9.12. The van der Waals surface area contributed by atoms with Gasteiger partial charge in [-0.15, -0.1) is 11.8 Å². The van der Waals surface area contributed by atoms with Crippen molar-refractivity contribution in [3.05, 3.63) is 53.3 Å². The highest BCUT2D eigenvalue weighted by atomic mass is 32.2. The van der Waals surface area contributed by atoms with E-state index in [0.717, 1.165) is 63.4 Å². The second-order valence-electron chi connectivity index (χ2n) is 10.7. The van der Waals surface area contributed by atoms with Crippen LogP contribution in [0.5, 0.6) is 0 Å². The van der Waals surface area contributed by atoms with Crippen molar-refractivity contribution in [2.45, 2.75) is 62.3 Å². The molecule has 1 N–H and O–H groups in total. The van der Waals surface area contributed by atoms with Crippen molar-refractivity contribution >= 4 is 23.6 Å². The standard InChI is InChI=1S/C28H39N5O2S/c1-19-15-33(20(2)27-25(19)14-29-28(31-27)30-23-9-11-35-12-10-23)26(34)18-36-24-13-22(16-32(3)17-24)21-7-5-4-6-8-21/h4-8,14,19-20,22-24H,9-13,15-18H2,1-3H3,(H,29,30,31)/t19-,20+,22+,24?/m0/s1. The predicted octanol–water partition coefficient (Wildman–Crippen LogP) is 4.30. The number of rotatable bonds is 6. The summed E-state index contributed by atoms with van der Waals surface area (Å²) < 4.78 is 5.47. The molecule has 0 bridgehead atoms. The quantitative estimate of drug-likeness (QED) is 0.623. The lowest BCUT2D eigenvalue weighted by atomic mass is 9.91. The van der Waals surface area contributed by atoms with Crippen LogP contribution in [-0.2, 0) is 9.53 Å². The highest BCUT2D eigenvalue weighted by molar-refractivity contribution is 8.00. The maximum absolute atomic E-state index is 13.5. The van der Waals surface area contributed by atoms with E-state index in [1.165, 1.54) is 5.56 Å². The first-order chi connectivity index (χ1) is 17.5. The maximum Gasteiger partial charge on any atom is 0.233 e. The third kappa shape index (κ3) is 5.87. The number of hydrogen-bond donors (Lipinski definition) is 1. The van der Waals surface area contributed by atoms with E-state index in [2.05, 4.69) is 66.4 Å². The van der Waals surface area contributed by atoms with E-state index in [1.807, 2.05) is 22.9 Å². The molecule has 0 radical (unpaired) electrons. The van der Waals surface area contributed by atoms with E-state index < -0.39 is 0 Å². The summed E-state index contributed by atoms with van der Waals surface area (Å²) in [5, 5.41) is 3.94. The van der Waals surface area contributed by atoms with E-state index >= 15 is 0 Å². The van der Waals surface area contributed by atoms with E-state index in [4.69, 9.17) is 9.72 Å². The van der Waals surface area contributed by atoms with E-state index in [1.54, 1.807) is 0 Å². The van der Waals surface area contributed by atoms with Gasteiger partial charge in [-0.2, -0.15) is 0 Å². The van der Waals surface area contributed by atoms with Gasteiger partial charge in [-0.3, -0.25) is 4.79 Å². The lowest BCUT2D eigenvalue weighted by Gasteiger charge is -2.39. The number of benzene rings is 1. The van der Waals surface area contributed by atoms with Crippen molar-refractivity contribution in [3.8, 4) is 0 Å². The van der Waals surface area contributed by atoms with Gasteiger partial charge < -0.3 is 19.9 Å². The number of aromatic nitrogens is 2. The molecule has 4 atom stereocenters. The van der Waals surface area contributed by atoms with Gasteiger partial charge in [0, 0.05) is 56.3 Å². The number of nitrogens with zero attached hydrogens (tertiary/aromatic N) is 4. The minimum atomic E-state index is -0.0476. The Morgan fingerprint density at radius 2 is 1.92 bits per heavy atom. The molecule has 36 heavy (non-hydrogen) atoms. The van der Waals surface area contributed by atoms with E-state index in [-0.39, 0.29) is 17.9 Å². The van der Waals surface area contributed by atoms with Gasteiger partial charge in [0.1, 0.15) is 0 Å². The summed E-state index contributed by atoms with van der Waals surface area (Å²) in [6, 6.07) is 11.1. The summed E-state index contributed by atoms with van der Waals surface area (Å²) in [4.78, 5) is 27.4. The molecule has 194 valence electrons. The predicted molar refractivity (Wildman–Crippen MR) is 146 cm³/mol. The largest absolute Gasteiger partial charge is 0.381 e. The number of hydrogen-bond acceptors (Lipinski definition) is 7. The number of likely N-dealkylation sites (N-methyl/N-ethyl adjacent to an activating group) is 1. The van der Waals surface area contributed by atoms with Gasteiger partial charge in [0.05, 0.1) is 17.5 Å². The van der Waals surface area contributed by atoms with Crippen LogP contribution in [0.3, 0.4) is 0 Å². The molecule has 4 heterocycles. The van der Waals surface area contributed by atoms with Crippen LogP contribution in [0.1, 0.15) is 67.8 Å². The maximum atomic E-state index is 13.5. The van der Waals surface area contributed by atoms with Gasteiger partial charge in [-0.05, 0) is 50.3 Å². The van der Waals surface area contributed by atoms with Crippen LogP contribution in [0, 0.1) is 0 Å². The first-order valence-corrected chi connectivity index (χ1v) is 14.4. The van der Waals surface area contributed by atoms with Gasteiger partial charge in [-0.25, -0.2) is 9.97 Å². The minimum Gasteiger partial charge on any atom is -0.381 e. The number of piperidine rings is 1. The van der Waals surface area contributed by atoms with Gasteiger partial charge in [0.2, 0.25) is 11.9 Å². The fraction of sp³-hybridized carbons (Fsp3) is 0.607. The van der Waals surface area contributed by atoms with Crippen LogP contribution in [0.25, 0.3) is 0 Å². The third-order valence-electron chi connectivity index (χ3n) is 7.90. The van der Waals surface area contributed by atoms with Crippen molar-refractivity contribution in [1.82, 2.24) is 19.8 Å². The number of nitrogens with one attached hydrogen (secondary N) is 1. The molecule has 2 fully saturated rings. The molecule has 1 aromatic carbocycles.